The number of hydrogen-bond donors (Lipinski definition) is 4. The Morgan fingerprint density at radius 2 is 1.83 bits per heavy atom. The van der Waals surface area contributed by atoms with Crippen molar-refractivity contribution >= 4 is 17.3 Å². The minimum Gasteiger partial charge on any atom is -0.396 e. The highest BCUT2D eigenvalue weighted by Crippen LogP contribution is 2.20. The summed E-state index contributed by atoms with van der Waals surface area (Å²) < 4.78 is 0. The van der Waals surface area contributed by atoms with E-state index < -0.39 is 0 Å². The number of aliphatic hydroxyl groups is 1. The van der Waals surface area contributed by atoms with Gasteiger partial charge in [-0.2, -0.15) is 0 Å². The van der Waals surface area contributed by atoms with Gasteiger partial charge in [0.15, 0.2) is 0 Å². The molecule has 18 heavy (non-hydrogen) atoms. The van der Waals surface area contributed by atoms with Gasteiger partial charge in [-0.3, -0.25) is 0 Å². The summed E-state index contributed by atoms with van der Waals surface area (Å²) in [4.78, 5) is 4.12. The SMILES string of the molecule is Nc1ccc(NC(CO)c2ccccc2)nc1N. The molecule has 1 aromatic carbocycles. The van der Waals surface area contributed by atoms with Crippen LogP contribution in [0.4, 0.5) is 17.3 Å². The second-order valence-electron chi connectivity index (χ2n) is 3.96. The zero-order valence-corrected chi connectivity index (χ0v) is 9.88. The Morgan fingerprint density at radius 1 is 1.11 bits per heavy atom. The summed E-state index contributed by atoms with van der Waals surface area (Å²) in [6.07, 6.45) is 0. The summed E-state index contributed by atoms with van der Waals surface area (Å²) in [5.74, 6) is 0.870. The Bertz CT molecular complexity index is 516. The fraction of sp³-hybridized carbons (Fsp3) is 0.154. The van der Waals surface area contributed by atoms with Crippen molar-refractivity contribution in [3.05, 3.63) is 48.0 Å². The third-order valence-electron chi connectivity index (χ3n) is 2.66. The van der Waals surface area contributed by atoms with Crippen molar-refractivity contribution in [3.63, 3.8) is 0 Å². The van der Waals surface area contributed by atoms with Gasteiger partial charge >= 0.3 is 0 Å². The number of nitrogens with two attached hydrogens (primary N) is 2. The molecular formula is C13H16N4O. The van der Waals surface area contributed by atoms with E-state index in [0.29, 0.717) is 11.5 Å². The van der Waals surface area contributed by atoms with E-state index in [0.717, 1.165) is 5.56 Å². The lowest BCUT2D eigenvalue weighted by Crippen LogP contribution is -2.16. The van der Waals surface area contributed by atoms with E-state index in [9.17, 15) is 5.11 Å². The van der Waals surface area contributed by atoms with Crippen molar-refractivity contribution in [2.75, 3.05) is 23.4 Å². The maximum absolute atomic E-state index is 9.42. The van der Waals surface area contributed by atoms with Crippen LogP contribution in [-0.4, -0.2) is 16.7 Å². The van der Waals surface area contributed by atoms with E-state index in [-0.39, 0.29) is 18.5 Å². The number of nitrogens with one attached hydrogen (secondary N) is 1. The molecule has 2 aromatic rings. The zero-order chi connectivity index (χ0) is 13.0. The Kier molecular flexibility index (Phi) is 3.64. The predicted molar refractivity (Wildman–Crippen MR) is 73.0 cm³/mol. The molecule has 0 saturated heterocycles. The average Bonchev–Trinajstić information content (AvgIpc) is 2.41. The molecule has 0 saturated carbocycles. The fourth-order valence-corrected chi connectivity index (χ4v) is 1.66. The molecule has 94 valence electrons. The number of anilines is 3. The van der Waals surface area contributed by atoms with Gasteiger partial charge in [-0.05, 0) is 17.7 Å². The fourth-order valence-electron chi connectivity index (χ4n) is 1.66. The molecule has 5 heteroatoms. The average molecular weight is 244 g/mol. The van der Waals surface area contributed by atoms with Gasteiger partial charge in [-0.1, -0.05) is 30.3 Å². The Labute approximate surface area is 105 Å². The predicted octanol–water partition coefficient (Wildman–Crippen LogP) is 1.39. The first-order valence-electron chi connectivity index (χ1n) is 5.65. The van der Waals surface area contributed by atoms with Gasteiger partial charge in [0.1, 0.15) is 11.6 Å². The number of aliphatic hydroxyl groups excluding tert-OH is 1. The molecule has 5 nitrogen and oxygen atoms in total. The minimum absolute atomic E-state index is 0.0318. The quantitative estimate of drug-likeness (QED) is 0.651. The van der Waals surface area contributed by atoms with Crippen LogP contribution in [0.2, 0.25) is 0 Å². The van der Waals surface area contributed by atoms with Crippen molar-refractivity contribution < 1.29 is 5.11 Å². The third kappa shape index (κ3) is 2.70. The molecule has 2 rings (SSSR count). The Morgan fingerprint density at radius 3 is 2.44 bits per heavy atom. The van der Waals surface area contributed by atoms with Crippen LogP contribution in [0, 0.1) is 0 Å². The number of nitrogen functional groups attached to an aromatic ring is 2. The van der Waals surface area contributed by atoms with Crippen LogP contribution in [-0.2, 0) is 0 Å². The second kappa shape index (κ2) is 5.37. The molecule has 0 aliphatic heterocycles. The van der Waals surface area contributed by atoms with Crippen LogP contribution in [0.3, 0.4) is 0 Å². The first-order chi connectivity index (χ1) is 8.70. The van der Waals surface area contributed by atoms with Gasteiger partial charge in [-0.25, -0.2) is 4.98 Å². The maximum atomic E-state index is 9.42. The lowest BCUT2D eigenvalue weighted by molar-refractivity contribution is 0.276. The topological polar surface area (TPSA) is 97.2 Å². The highest BCUT2D eigenvalue weighted by atomic mass is 16.3. The smallest absolute Gasteiger partial charge is 0.149 e. The van der Waals surface area contributed by atoms with Crippen molar-refractivity contribution in [3.8, 4) is 0 Å². The van der Waals surface area contributed by atoms with Crippen LogP contribution < -0.4 is 16.8 Å². The molecule has 0 aliphatic rings. The number of pyridine rings is 1. The zero-order valence-electron chi connectivity index (χ0n) is 9.88. The molecule has 0 fully saturated rings. The van der Waals surface area contributed by atoms with E-state index in [1.165, 1.54) is 0 Å². The van der Waals surface area contributed by atoms with Crippen molar-refractivity contribution in [1.82, 2.24) is 4.98 Å². The van der Waals surface area contributed by atoms with Gasteiger partial charge in [0.2, 0.25) is 0 Å². The van der Waals surface area contributed by atoms with Gasteiger partial charge in [0, 0.05) is 0 Å². The largest absolute Gasteiger partial charge is 0.396 e. The number of rotatable bonds is 4. The highest BCUT2D eigenvalue weighted by Gasteiger charge is 2.10. The summed E-state index contributed by atoms with van der Waals surface area (Å²) in [6.45, 7) is -0.0318. The summed E-state index contributed by atoms with van der Waals surface area (Å²) in [5, 5.41) is 12.5. The second-order valence-corrected chi connectivity index (χ2v) is 3.96. The van der Waals surface area contributed by atoms with Crippen LogP contribution >= 0.6 is 0 Å². The molecule has 1 heterocycles. The van der Waals surface area contributed by atoms with Crippen LogP contribution in [0.15, 0.2) is 42.5 Å². The lowest BCUT2D eigenvalue weighted by Gasteiger charge is -2.17. The molecule has 0 spiro atoms. The summed E-state index contributed by atoms with van der Waals surface area (Å²) in [5.41, 5.74) is 12.7. The van der Waals surface area contributed by atoms with Crippen molar-refractivity contribution in [2.24, 2.45) is 0 Å². The van der Waals surface area contributed by atoms with Gasteiger partial charge in [0.25, 0.3) is 0 Å². The molecule has 1 aromatic heterocycles. The lowest BCUT2D eigenvalue weighted by atomic mass is 10.1. The third-order valence-corrected chi connectivity index (χ3v) is 2.66. The van der Waals surface area contributed by atoms with E-state index in [1.807, 2.05) is 30.3 Å². The van der Waals surface area contributed by atoms with Gasteiger partial charge < -0.3 is 21.9 Å². The molecule has 0 radical (unpaired) electrons. The van der Waals surface area contributed by atoms with E-state index in [2.05, 4.69) is 10.3 Å². The molecule has 0 amide bonds. The standard InChI is InChI=1S/C13H16N4O/c14-10-6-7-12(17-13(10)15)16-11(8-18)9-4-2-1-3-5-9/h1-7,11,18H,8,14H2,(H3,15,16,17). The first-order valence-corrected chi connectivity index (χ1v) is 5.65. The van der Waals surface area contributed by atoms with Gasteiger partial charge in [-0.15, -0.1) is 0 Å². The van der Waals surface area contributed by atoms with Crippen LogP contribution in [0.5, 0.6) is 0 Å². The first kappa shape index (κ1) is 12.2. The summed E-state index contributed by atoms with van der Waals surface area (Å²) >= 11 is 0. The van der Waals surface area contributed by atoms with Crippen LogP contribution in [0.1, 0.15) is 11.6 Å². The van der Waals surface area contributed by atoms with E-state index >= 15 is 0 Å². The molecule has 6 N–H and O–H groups in total. The number of aromatic nitrogens is 1. The van der Waals surface area contributed by atoms with Crippen molar-refractivity contribution in [2.45, 2.75) is 6.04 Å². The minimum atomic E-state index is -0.221. The van der Waals surface area contributed by atoms with E-state index in [4.69, 9.17) is 11.5 Å². The summed E-state index contributed by atoms with van der Waals surface area (Å²) in [6, 6.07) is 12.8. The molecular weight excluding hydrogens is 228 g/mol. The highest BCUT2D eigenvalue weighted by molar-refractivity contribution is 5.61. The van der Waals surface area contributed by atoms with E-state index in [1.54, 1.807) is 12.1 Å². The number of nitrogens with zero attached hydrogens (tertiary/aromatic N) is 1. The normalized spacial score (nSPS) is 12.1. The Balaban J connectivity index is 2.18. The molecule has 0 bridgehead atoms. The molecule has 1 atom stereocenters. The van der Waals surface area contributed by atoms with Crippen molar-refractivity contribution in [1.29, 1.82) is 0 Å². The number of benzene rings is 1. The number of hydrogen-bond acceptors (Lipinski definition) is 5. The molecule has 0 aliphatic carbocycles. The maximum Gasteiger partial charge on any atom is 0.149 e. The summed E-state index contributed by atoms with van der Waals surface area (Å²) in [7, 11) is 0. The monoisotopic (exact) mass is 244 g/mol. The Hall–Kier alpha value is -2.27. The van der Waals surface area contributed by atoms with Gasteiger partial charge in [0.05, 0.1) is 18.3 Å². The van der Waals surface area contributed by atoms with Crippen LogP contribution in [0.25, 0.3) is 0 Å². The molecule has 1 unspecified atom stereocenters.